The zero-order valence-corrected chi connectivity index (χ0v) is 13.7. The van der Waals surface area contributed by atoms with E-state index in [9.17, 15) is 14.7 Å². The molecule has 3 heterocycles. The fourth-order valence-corrected chi connectivity index (χ4v) is 3.98. The molecular formula is C15H17N3O4S. The van der Waals surface area contributed by atoms with Gasteiger partial charge in [0.1, 0.15) is 27.9 Å². The fraction of sp³-hybridized carbons (Fsp3) is 0.467. The summed E-state index contributed by atoms with van der Waals surface area (Å²) in [4.78, 5) is 35.0. The third kappa shape index (κ3) is 2.63. The summed E-state index contributed by atoms with van der Waals surface area (Å²) in [5.41, 5.74) is 0.745. The summed E-state index contributed by atoms with van der Waals surface area (Å²) in [6, 6.07) is -0.585. The van der Waals surface area contributed by atoms with Gasteiger partial charge in [0.05, 0.1) is 12.0 Å². The number of hydrogen-bond donors (Lipinski definition) is 1. The van der Waals surface area contributed by atoms with Crippen LogP contribution in [0.25, 0.3) is 10.2 Å². The second kappa shape index (κ2) is 6.11. The highest BCUT2D eigenvalue weighted by Gasteiger charge is 2.33. The molecule has 7 nitrogen and oxygen atoms in total. The third-order valence-corrected chi connectivity index (χ3v) is 5.16. The summed E-state index contributed by atoms with van der Waals surface area (Å²) in [6.07, 6.45) is 2.81. The molecule has 3 rings (SSSR count). The van der Waals surface area contributed by atoms with Crippen LogP contribution in [0.3, 0.4) is 0 Å². The lowest BCUT2D eigenvalue weighted by Crippen LogP contribution is -2.36. The van der Waals surface area contributed by atoms with Gasteiger partial charge in [0.15, 0.2) is 0 Å². The van der Waals surface area contributed by atoms with E-state index in [4.69, 9.17) is 4.74 Å². The van der Waals surface area contributed by atoms with Crippen LogP contribution in [0.15, 0.2) is 6.33 Å². The SMILES string of the molecule is CCOC(=O)c1sc2ncnc(N3CCCC3C(=O)O)c2c1C. The number of rotatable bonds is 4. The molecule has 2 aromatic rings. The van der Waals surface area contributed by atoms with E-state index < -0.39 is 12.0 Å². The minimum Gasteiger partial charge on any atom is -0.480 e. The van der Waals surface area contributed by atoms with Gasteiger partial charge < -0.3 is 14.7 Å². The first-order valence-corrected chi connectivity index (χ1v) is 8.27. The number of aryl methyl sites for hydroxylation is 1. The van der Waals surface area contributed by atoms with Gasteiger partial charge in [-0.15, -0.1) is 11.3 Å². The maximum Gasteiger partial charge on any atom is 0.348 e. The fourth-order valence-electron chi connectivity index (χ4n) is 2.94. The Morgan fingerprint density at radius 1 is 1.48 bits per heavy atom. The number of carboxylic acid groups (broad SMARTS) is 1. The van der Waals surface area contributed by atoms with Crippen LogP contribution in [0.4, 0.5) is 5.82 Å². The number of esters is 1. The van der Waals surface area contributed by atoms with Crippen LogP contribution in [-0.4, -0.2) is 46.2 Å². The molecule has 0 radical (unpaired) electrons. The second-order valence-corrected chi connectivity index (χ2v) is 6.34. The molecule has 122 valence electrons. The normalized spacial score (nSPS) is 17.7. The Morgan fingerprint density at radius 3 is 2.96 bits per heavy atom. The minimum absolute atomic E-state index is 0.304. The Bertz CT molecular complexity index is 773. The van der Waals surface area contributed by atoms with Gasteiger partial charge in [-0.1, -0.05) is 0 Å². The number of carboxylic acids is 1. The number of aromatic nitrogens is 2. The van der Waals surface area contributed by atoms with E-state index in [0.29, 0.717) is 35.1 Å². The van der Waals surface area contributed by atoms with Gasteiger partial charge in [0.25, 0.3) is 0 Å². The molecule has 1 aliphatic heterocycles. The van der Waals surface area contributed by atoms with Gasteiger partial charge in [-0.25, -0.2) is 19.6 Å². The van der Waals surface area contributed by atoms with Crippen molar-refractivity contribution in [1.82, 2.24) is 9.97 Å². The molecule has 1 atom stereocenters. The van der Waals surface area contributed by atoms with Crippen LogP contribution in [0.5, 0.6) is 0 Å². The molecule has 0 bridgehead atoms. The van der Waals surface area contributed by atoms with E-state index in [0.717, 1.165) is 17.4 Å². The number of carbonyl (C=O) groups is 2. The van der Waals surface area contributed by atoms with Gasteiger partial charge in [0, 0.05) is 6.54 Å². The number of anilines is 1. The van der Waals surface area contributed by atoms with Crippen molar-refractivity contribution >= 4 is 39.3 Å². The quantitative estimate of drug-likeness (QED) is 0.856. The molecule has 1 unspecified atom stereocenters. The summed E-state index contributed by atoms with van der Waals surface area (Å²) in [5, 5.41) is 10.1. The summed E-state index contributed by atoms with van der Waals surface area (Å²) in [7, 11) is 0. The van der Waals surface area contributed by atoms with Crippen molar-refractivity contribution in [2.24, 2.45) is 0 Å². The average molecular weight is 335 g/mol. The molecule has 0 aromatic carbocycles. The van der Waals surface area contributed by atoms with Crippen molar-refractivity contribution in [2.45, 2.75) is 32.7 Å². The highest BCUT2D eigenvalue weighted by molar-refractivity contribution is 7.20. The molecular weight excluding hydrogens is 318 g/mol. The third-order valence-electron chi connectivity index (χ3n) is 3.98. The second-order valence-electron chi connectivity index (χ2n) is 5.34. The van der Waals surface area contributed by atoms with Crippen molar-refractivity contribution in [3.63, 3.8) is 0 Å². The van der Waals surface area contributed by atoms with Crippen molar-refractivity contribution in [3.8, 4) is 0 Å². The number of ether oxygens (including phenoxy) is 1. The number of carbonyl (C=O) groups excluding carboxylic acids is 1. The maximum absolute atomic E-state index is 12.1. The standard InChI is InChI=1S/C15H17N3O4S/c1-3-22-15(21)11-8(2)10-12(16-7-17-13(10)23-11)18-6-4-5-9(18)14(19)20/h7,9H,3-6H2,1-2H3,(H,19,20). The molecule has 23 heavy (non-hydrogen) atoms. The first-order valence-electron chi connectivity index (χ1n) is 7.45. The van der Waals surface area contributed by atoms with Crippen molar-refractivity contribution in [2.75, 3.05) is 18.1 Å². The molecule has 0 spiro atoms. The maximum atomic E-state index is 12.1. The van der Waals surface area contributed by atoms with Crippen LogP contribution >= 0.6 is 11.3 Å². The van der Waals surface area contributed by atoms with Gasteiger partial charge in [-0.2, -0.15) is 0 Å². The van der Waals surface area contributed by atoms with Gasteiger partial charge in [-0.3, -0.25) is 0 Å². The van der Waals surface area contributed by atoms with Crippen molar-refractivity contribution < 1.29 is 19.4 Å². The Labute approximate surface area is 136 Å². The number of aliphatic carboxylic acids is 1. The summed E-state index contributed by atoms with van der Waals surface area (Å²) in [5.74, 6) is -0.646. The van der Waals surface area contributed by atoms with E-state index in [-0.39, 0.29) is 5.97 Å². The first kappa shape index (κ1) is 15.7. The van der Waals surface area contributed by atoms with E-state index in [2.05, 4.69) is 9.97 Å². The number of nitrogens with zero attached hydrogens (tertiary/aromatic N) is 3. The zero-order valence-electron chi connectivity index (χ0n) is 12.9. The van der Waals surface area contributed by atoms with Crippen LogP contribution in [0.2, 0.25) is 0 Å². The predicted octanol–water partition coefficient (Wildman–Crippen LogP) is 2.23. The van der Waals surface area contributed by atoms with E-state index in [1.807, 2.05) is 6.92 Å². The monoisotopic (exact) mass is 335 g/mol. The van der Waals surface area contributed by atoms with Crippen LogP contribution in [-0.2, 0) is 9.53 Å². The molecule has 1 N–H and O–H groups in total. The lowest BCUT2D eigenvalue weighted by molar-refractivity contribution is -0.138. The molecule has 8 heteroatoms. The minimum atomic E-state index is -0.854. The van der Waals surface area contributed by atoms with Crippen LogP contribution in [0.1, 0.15) is 35.0 Å². The smallest absolute Gasteiger partial charge is 0.348 e. The molecule has 0 aliphatic carbocycles. The highest BCUT2D eigenvalue weighted by Crippen LogP contribution is 2.37. The molecule has 1 saturated heterocycles. The predicted molar refractivity (Wildman–Crippen MR) is 86.1 cm³/mol. The molecule has 1 fully saturated rings. The average Bonchev–Trinajstić information content (AvgIpc) is 3.12. The number of fused-ring (bicyclic) bond motifs is 1. The van der Waals surface area contributed by atoms with E-state index >= 15 is 0 Å². The Hall–Kier alpha value is -2.22. The lowest BCUT2D eigenvalue weighted by Gasteiger charge is -2.23. The van der Waals surface area contributed by atoms with Gasteiger partial charge in [-0.05, 0) is 32.3 Å². The number of thiophene rings is 1. The zero-order chi connectivity index (χ0) is 16.6. The van der Waals surface area contributed by atoms with E-state index in [1.54, 1.807) is 11.8 Å². The summed E-state index contributed by atoms with van der Waals surface area (Å²) >= 11 is 1.25. The van der Waals surface area contributed by atoms with Crippen LogP contribution < -0.4 is 4.90 Å². The number of hydrogen-bond acceptors (Lipinski definition) is 7. The van der Waals surface area contributed by atoms with Crippen LogP contribution in [0, 0.1) is 6.92 Å². The first-order chi connectivity index (χ1) is 11.0. The summed E-state index contributed by atoms with van der Waals surface area (Å²) < 4.78 is 5.08. The molecule has 0 saturated carbocycles. The molecule has 0 amide bonds. The highest BCUT2D eigenvalue weighted by atomic mass is 32.1. The van der Waals surface area contributed by atoms with E-state index in [1.165, 1.54) is 17.7 Å². The summed E-state index contributed by atoms with van der Waals surface area (Å²) in [6.45, 7) is 4.52. The largest absolute Gasteiger partial charge is 0.480 e. The Balaban J connectivity index is 2.12. The lowest BCUT2D eigenvalue weighted by atomic mass is 10.1. The van der Waals surface area contributed by atoms with Crippen molar-refractivity contribution in [3.05, 3.63) is 16.8 Å². The topological polar surface area (TPSA) is 92.6 Å². The van der Waals surface area contributed by atoms with Gasteiger partial charge in [0.2, 0.25) is 0 Å². The molecule has 2 aromatic heterocycles. The van der Waals surface area contributed by atoms with Gasteiger partial charge >= 0.3 is 11.9 Å². The Morgan fingerprint density at radius 2 is 2.26 bits per heavy atom. The van der Waals surface area contributed by atoms with Crippen molar-refractivity contribution in [1.29, 1.82) is 0 Å². The Kier molecular flexibility index (Phi) is 4.16. The molecule has 1 aliphatic rings.